The van der Waals surface area contributed by atoms with E-state index in [1.165, 1.54) is 0 Å². The number of hydrogen-bond acceptors (Lipinski definition) is 6. The van der Waals surface area contributed by atoms with Crippen LogP contribution in [0.4, 0.5) is 5.69 Å². The topological polar surface area (TPSA) is 76.2 Å². The standard InChI is InChI=1S/C16H20N2O5S2/c1-3-23-15(19)8-17-12-9-25(20,21)10-13(12)18(16(17)24)11-6-4-5-7-14(11)22-2/h4-7,12-13H,3,8-10H2,1-2H3/t12-,13-/m1/s1. The highest BCUT2D eigenvalue weighted by atomic mass is 32.2. The van der Waals surface area contributed by atoms with E-state index in [-0.39, 0.29) is 36.7 Å². The lowest BCUT2D eigenvalue weighted by Crippen LogP contribution is -2.41. The van der Waals surface area contributed by atoms with Crippen molar-refractivity contribution in [2.75, 3.05) is 36.7 Å². The molecule has 0 bridgehead atoms. The van der Waals surface area contributed by atoms with E-state index in [2.05, 4.69) is 0 Å². The molecule has 2 aliphatic heterocycles. The Kier molecular flexibility index (Phi) is 4.88. The molecule has 7 nitrogen and oxygen atoms in total. The van der Waals surface area contributed by atoms with Gasteiger partial charge in [0.2, 0.25) is 0 Å². The van der Waals surface area contributed by atoms with Gasteiger partial charge in [0.25, 0.3) is 0 Å². The number of para-hydroxylation sites is 2. The van der Waals surface area contributed by atoms with Crippen LogP contribution in [-0.4, -0.2) is 68.3 Å². The van der Waals surface area contributed by atoms with Crippen molar-refractivity contribution in [2.45, 2.75) is 19.0 Å². The minimum atomic E-state index is -3.21. The van der Waals surface area contributed by atoms with Gasteiger partial charge in [0.05, 0.1) is 43.0 Å². The van der Waals surface area contributed by atoms with Crippen molar-refractivity contribution in [2.24, 2.45) is 0 Å². The Morgan fingerprint density at radius 2 is 1.96 bits per heavy atom. The quantitative estimate of drug-likeness (QED) is 0.546. The van der Waals surface area contributed by atoms with E-state index in [4.69, 9.17) is 21.7 Å². The van der Waals surface area contributed by atoms with Gasteiger partial charge in [-0.2, -0.15) is 0 Å². The number of anilines is 1. The average molecular weight is 384 g/mol. The molecule has 2 fully saturated rings. The van der Waals surface area contributed by atoms with Gasteiger partial charge in [0.1, 0.15) is 12.3 Å². The van der Waals surface area contributed by atoms with Gasteiger partial charge in [-0.3, -0.25) is 4.79 Å². The molecule has 9 heteroatoms. The van der Waals surface area contributed by atoms with Crippen molar-refractivity contribution in [3.63, 3.8) is 0 Å². The molecule has 2 aliphatic rings. The van der Waals surface area contributed by atoms with Crippen molar-refractivity contribution in [3.05, 3.63) is 24.3 Å². The van der Waals surface area contributed by atoms with Crippen molar-refractivity contribution in [3.8, 4) is 5.75 Å². The van der Waals surface area contributed by atoms with Crippen molar-refractivity contribution in [1.82, 2.24) is 4.90 Å². The number of benzene rings is 1. The third-order valence-electron chi connectivity index (χ3n) is 4.43. The Morgan fingerprint density at radius 1 is 1.28 bits per heavy atom. The summed E-state index contributed by atoms with van der Waals surface area (Å²) in [6.07, 6.45) is 0. The van der Waals surface area contributed by atoms with Crippen LogP contribution >= 0.6 is 12.2 Å². The highest BCUT2D eigenvalue weighted by Crippen LogP contribution is 2.39. The van der Waals surface area contributed by atoms with E-state index in [0.29, 0.717) is 16.5 Å². The number of hydrogen-bond donors (Lipinski definition) is 0. The zero-order chi connectivity index (χ0) is 18.2. The Morgan fingerprint density at radius 3 is 2.64 bits per heavy atom. The second-order valence-corrected chi connectivity index (χ2v) is 8.49. The molecule has 0 radical (unpaired) electrons. The summed E-state index contributed by atoms with van der Waals surface area (Å²) in [5.41, 5.74) is 0.702. The first-order chi connectivity index (χ1) is 11.9. The van der Waals surface area contributed by atoms with E-state index in [0.717, 1.165) is 0 Å². The number of carbonyl (C=O) groups excluding carboxylic acids is 1. The fourth-order valence-corrected chi connectivity index (χ4v) is 5.80. The third kappa shape index (κ3) is 3.30. The highest BCUT2D eigenvalue weighted by Gasteiger charge is 2.53. The van der Waals surface area contributed by atoms with Gasteiger partial charge in [0, 0.05) is 0 Å². The molecule has 136 valence electrons. The van der Waals surface area contributed by atoms with Crippen LogP contribution in [0.5, 0.6) is 5.75 Å². The zero-order valence-corrected chi connectivity index (χ0v) is 15.7. The number of thiocarbonyl (C=S) groups is 1. The highest BCUT2D eigenvalue weighted by molar-refractivity contribution is 7.91. The van der Waals surface area contributed by atoms with Crippen LogP contribution in [0.25, 0.3) is 0 Å². The molecule has 2 saturated heterocycles. The van der Waals surface area contributed by atoms with Crippen LogP contribution < -0.4 is 9.64 Å². The van der Waals surface area contributed by atoms with Crippen molar-refractivity contribution in [1.29, 1.82) is 0 Å². The molecule has 25 heavy (non-hydrogen) atoms. The smallest absolute Gasteiger partial charge is 0.325 e. The van der Waals surface area contributed by atoms with E-state index in [9.17, 15) is 13.2 Å². The number of carbonyl (C=O) groups is 1. The maximum atomic E-state index is 12.2. The molecular weight excluding hydrogens is 364 g/mol. The number of rotatable bonds is 5. The van der Waals surface area contributed by atoms with Gasteiger partial charge in [-0.1, -0.05) is 12.1 Å². The second-order valence-electron chi connectivity index (χ2n) is 5.97. The van der Waals surface area contributed by atoms with Crippen LogP contribution in [0.2, 0.25) is 0 Å². The molecular formula is C16H20N2O5S2. The lowest BCUT2D eigenvalue weighted by atomic mass is 10.1. The number of ether oxygens (including phenoxy) is 2. The van der Waals surface area contributed by atoms with Crippen molar-refractivity contribution >= 4 is 38.8 Å². The first kappa shape index (κ1) is 17.9. The van der Waals surface area contributed by atoms with Gasteiger partial charge in [0.15, 0.2) is 14.9 Å². The Hall–Kier alpha value is -1.87. The summed E-state index contributed by atoms with van der Waals surface area (Å²) in [6.45, 7) is 1.93. The third-order valence-corrected chi connectivity index (χ3v) is 6.56. The minimum Gasteiger partial charge on any atom is -0.495 e. The van der Waals surface area contributed by atoms with Crippen LogP contribution in [0.3, 0.4) is 0 Å². The molecule has 0 aromatic heterocycles. The van der Waals surface area contributed by atoms with Crippen LogP contribution in [0, 0.1) is 0 Å². The Labute approximate surface area is 152 Å². The molecule has 0 amide bonds. The van der Waals surface area contributed by atoms with Gasteiger partial charge in [-0.15, -0.1) is 0 Å². The normalized spacial score (nSPS) is 24.3. The molecule has 0 saturated carbocycles. The van der Waals surface area contributed by atoms with Crippen molar-refractivity contribution < 1.29 is 22.7 Å². The summed E-state index contributed by atoms with van der Waals surface area (Å²) in [5, 5.41) is 0.419. The lowest BCUT2D eigenvalue weighted by molar-refractivity contribution is -0.143. The number of fused-ring (bicyclic) bond motifs is 1. The molecule has 0 N–H and O–H groups in total. The fraction of sp³-hybridized carbons (Fsp3) is 0.500. The number of nitrogens with zero attached hydrogens (tertiary/aromatic N) is 2. The molecule has 0 unspecified atom stereocenters. The Bertz CT molecular complexity index is 795. The summed E-state index contributed by atoms with van der Waals surface area (Å²) in [6, 6.07) is 6.59. The SMILES string of the molecule is CCOC(=O)CN1C(=S)N(c2ccccc2OC)[C@@H]2CS(=O)(=O)C[C@H]21. The summed E-state index contributed by atoms with van der Waals surface area (Å²) in [5.74, 6) is 0.151. The fourth-order valence-electron chi connectivity index (χ4n) is 3.42. The largest absolute Gasteiger partial charge is 0.495 e. The zero-order valence-electron chi connectivity index (χ0n) is 14.0. The molecule has 1 aromatic carbocycles. The minimum absolute atomic E-state index is 0.00478. The molecule has 0 spiro atoms. The van der Waals surface area contributed by atoms with Crippen LogP contribution in [0.15, 0.2) is 24.3 Å². The predicted octanol–water partition coefficient (Wildman–Crippen LogP) is 0.831. The van der Waals surface area contributed by atoms with E-state index in [1.54, 1.807) is 29.9 Å². The second kappa shape index (κ2) is 6.80. The summed E-state index contributed by atoms with van der Waals surface area (Å²) >= 11 is 5.58. The summed E-state index contributed by atoms with van der Waals surface area (Å²) in [7, 11) is -1.65. The van der Waals surface area contributed by atoms with Crippen LogP contribution in [-0.2, 0) is 19.4 Å². The molecule has 2 heterocycles. The van der Waals surface area contributed by atoms with Gasteiger partial charge < -0.3 is 19.3 Å². The van der Waals surface area contributed by atoms with E-state index >= 15 is 0 Å². The maximum Gasteiger partial charge on any atom is 0.325 e. The maximum absolute atomic E-state index is 12.2. The number of methoxy groups -OCH3 is 1. The first-order valence-electron chi connectivity index (χ1n) is 7.97. The van der Waals surface area contributed by atoms with Gasteiger partial charge in [-0.05, 0) is 31.3 Å². The van der Waals surface area contributed by atoms with E-state index < -0.39 is 15.8 Å². The van der Waals surface area contributed by atoms with Gasteiger partial charge in [-0.25, -0.2) is 8.42 Å². The number of sulfone groups is 1. The molecule has 3 rings (SSSR count). The van der Waals surface area contributed by atoms with E-state index in [1.807, 2.05) is 18.2 Å². The average Bonchev–Trinajstić information content (AvgIpc) is 2.99. The molecule has 2 atom stereocenters. The monoisotopic (exact) mass is 384 g/mol. The Balaban J connectivity index is 1.98. The summed E-state index contributed by atoms with van der Waals surface area (Å²) in [4.78, 5) is 15.4. The van der Waals surface area contributed by atoms with Crippen LogP contribution in [0.1, 0.15) is 6.92 Å². The predicted molar refractivity (Wildman–Crippen MR) is 97.6 cm³/mol. The molecule has 1 aromatic rings. The number of esters is 1. The van der Waals surface area contributed by atoms with Gasteiger partial charge >= 0.3 is 5.97 Å². The summed E-state index contributed by atoms with van der Waals surface area (Å²) < 4.78 is 34.8. The molecule has 0 aliphatic carbocycles. The first-order valence-corrected chi connectivity index (χ1v) is 10.2. The lowest BCUT2D eigenvalue weighted by Gasteiger charge is -2.26.